The van der Waals surface area contributed by atoms with E-state index in [0.29, 0.717) is 6.42 Å². The quantitative estimate of drug-likeness (QED) is 0.293. The number of carbonyl (C=O) groups is 1. The van der Waals surface area contributed by atoms with Gasteiger partial charge in [-0.2, -0.15) is 0 Å². The molecular formula is C17H30O2. The van der Waals surface area contributed by atoms with Crippen molar-refractivity contribution in [2.24, 2.45) is 0 Å². The number of rotatable bonds is 11. The SMILES string of the molecule is CCCCCCCCCCC/C=C\C1CCC(=O)O1. The number of hydrogen-bond donors (Lipinski definition) is 0. The second-order valence-corrected chi connectivity index (χ2v) is 5.61. The molecule has 110 valence electrons. The Morgan fingerprint density at radius 3 is 2.26 bits per heavy atom. The Hall–Kier alpha value is -0.790. The summed E-state index contributed by atoms with van der Waals surface area (Å²) < 4.78 is 5.13. The zero-order valence-electron chi connectivity index (χ0n) is 12.5. The van der Waals surface area contributed by atoms with Crippen molar-refractivity contribution in [1.82, 2.24) is 0 Å². The molecule has 1 aliphatic heterocycles. The van der Waals surface area contributed by atoms with E-state index in [1.807, 2.05) is 0 Å². The summed E-state index contributed by atoms with van der Waals surface area (Å²) in [5.41, 5.74) is 0. The van der Waals surface area contributed by atoms with Gasteiger partial charge in [0.25, 0.3) is 0 Å². The first-order valence-electron chi connectivity index (χ1n) is 8.19. The fraction of sp³-hybridized carbons (Fsp3) is 0.824. The van der Waals surface area contributed by atoms with Crippen LogP contribution in [0.5, 0.6) is 0 Å². The third-order valence-electron chi connectivity index (χ3n) is 3.74. The minimum absolute atomic E-state index is 0.0438. The van der Waals surface area contributed by atoms with Crippen molar-refractivity contribution >= 4 is 5.97 Å². The van der Waals surface area contributed by atoms with Gasteiger partial charge in [-0.15, -0.1) is 0 Å². The summed E-state index contributed by atoms with van der Waals surface area (Å²) in [6, 6.07) is 0. The van der Waals surface area contributed by atoms with Crippen LogP contribution >= 0.6 is 0 Å². The van der Waals surface area contributed by atoms with Gasteiger partial charge in [0.15, 0.2) is 0 Å². The minimum Gasteiger partial charge on any atom is -0.458 e. The van der Waals surface area contributed by atoms with Crippen LogP contribution in [0.2, 0.25) is 0 Å². The maximum absolute atomic E-state index is 10.9. The number of hydrogen-bond acceptors (Lipinski definition) is 2. The van der Waals surface area contributed by atoms with Crippen molar-refractivity contribution in [2.75, 3.05) is 0 Å². The van der Waals surface area contributed by atoms with Crippen LogP contribution in [0.15, 0.2) is 12.2 Å². The van der Waals surface area contributed by atoms with Crippen LogP contribution in [-0.4, -0.2) is 12.1 Å². The summed E-state index contributed by atoms with van der Waals surface area (Å²) in [6.07, 6.45) is 19.3. The van der Waals surface area contributed by atoms with Crippen LogP contribution < -0.4 is 0 Å². The highest BCUT2D eigenvalue weighted by atomic mass is 16.5. The van der Waals surface area contributed by atoms with Gasteiger partial charge in [-0.25, -0.2) is 0 Å². The molecule has 0 amide bonds. The third-order valence-corrected chi connectivity index (χ3v) is 3.74. The lowest BCUT2D eigenvalue weighted by Crippen LogP contribution is -2.01. The van der Waals surface area contributed by atoms with Crippen LogP contribution in [0, 0.1) is 0 Å². The normalized spacial score (nSPS) is 19.2. The first-order valence-corrected chi connectivity index (χ1v) is 8.19. The van der Waals surface area contributed by atoms with Crippen LogP contribution in [0.4, 0.5) is 0 Å². The molecule has 1 aliphatic rings. The van der Waals surface area contributed by atoms with Gasteiger partial charge in [0.2, 0.25) is 0 Å². The molecule has 19 heavy (non-hydrogen) atoms. The van der Waals surface area contributed by atoms with Gasteiger partial charge >= 0.3 is 5.97 Å². The van der Waals surface area contributed by atoms with Crippen molar-refractivity contribution in [1.29, 1.82) is 0 Å². The molecule has 0 aromatic rings. The van der Waals surface area contributed by atoms with Crippen molar-refractivity contribution in [2.45, 2.75) is 90.1 Å². The van der Waals surface area contributed by atoms with Crippen molar-refractivity contribution in [3.8, 4) is 0 Å². The number of ether oxygens (including phenoxy) is 1. The molecule has 0 aliphatic carbocycles. The number of unbranched alkanes of at least 4 members (excludes halogenated alkanes) is 9. The molecule has 1 saturated heterocycles. The molecule has 0 bridgehead atoms. The number of cyclic esters (lactones) is 1. The van der Waals surface area contributed by atoms with Gasteiger partial charge < -0.3 is 4.74 Å². The lowest BCUT2D eigenvalue weighted by Gasteiger charge is -2.02. The summed E-state index contributed by atoms with van der Waals surface area (Å²) >= 11 is 0. The van der Waals surface area contributed by atoms with E-state index in [1.54, 1.807) is 0 Å². The van der Waals surface area contributed by atoms with Gasteiger partial charge in [0.1, 0.15) is 6.10 Å². The molecule has 0 aromatic heterocycles. The number of esters is 1. The van der Waals surface area contributed by atoms with E-state index in [2.05, 4.69) is 19.1 Å². The zero-order chi connectivity index (χ0) is 13.8. The summed E-state index contributed by atoms with van der Waals surface area (Å²) in [5, 5.41) is 0. The summed E-state index contributed by atoms with van der Waals surface area (Å²) in [4.78, 5) is 10.9. The molecule has 1 unspecified atom stereocenters. The Morgan fingerprint density at radius 1 is 1.05 bits per heavy atom. The summed E-state index contributed by atoms with van der Waals surface area (Å²) in [6.45, 7) is 2.26. The maximum atomic E-state index is 10.9. The first kappa shape index (κ1) is 16.3. The van der Waals surface area contributed by atoms with E-state index in [9.17, 15) is 4.79 Å². The van der Waals surface area contributed by atoms with Crippen LogP contribution in [0.25, 0.3) is 0 Å². The second kappa shape index (κ2) is 11.1. The highest BCUT2D eigenvalue weighted by molar-refractivity contribution is 5.71. The molecule has 1 rings (SSSR count). The number of carbonyl (C=O) groups excluding carboxylic acids is 1. The Morgan fingerprint density at radius 2 is 1.68 bits per heavy atom. The Kier molecular flexibility index (Phi) is 9.48. The molecular weight excluding hydrogens is 236 g/mol. The molecule has 2 nitrogen and oxygen atoms in total. The average molecular weight is 266 g/mol. The smallest absolute Gasteiger partial charge is 0.306 e. The van der Waals surface area contributed by atoms with Crippen LogP contribution in [0.1, 0.15) is 84.0 Å². The lowest BCUT2D eigenvalue weighted by atomic mass is 10.1. The standard InChI is InChI=1S/C17H30O2/c1-2-3-4-5-6-7-8-9-10-11-12-13-16-14-15-17(18)19-16/h12-13,16H,2-11,14-15H2,1H3/b13-12-. The molecule has 0 radical (unpaired) electrons. The molecule has 1 heterocycles. The highest BCUT2D eigenvalue weighted by Gasteiger charge is 2.19. The van der Waals surface area contributed by atoms with Crippen molar-refractivity contribution in [3.05, 3.63) is 12.2 Å². The van der Waals surface area contributed by atoms with Crippen molar-refractivity contribution in [3.63, 3.8) is 0 Å². The summed E-state index contributed by atoms with van der Waals surface area (Å²) in [5.74, 6) is -0.0438. The van der Waals surface area contributed by atoms with Gasteiger partial charge in [-0.05, 0) is 25.3 Å². The van der Waals surface area contributed by atoms with E-state index in [-0.39, 0.29) is 12.1 Å². The maximum Gasteiger partial charge on any atom is 0.306 e. The molecule has 0 spiro atoms. The van der Waals surface area contributed by atoms with E-state index >= 15 is 0 Å². The summed E-state index contributed by atoms with van der Waals surface area (Å²) in [7, 11) is 0. The number of allylic oxidation sites excluding steroid dienone is 1. The molecule has 1 atom stereocenters. The fourth-order valence-corrected chi connectivity index (χ4v) is 2.50. The van der Waals surface area contributed by atoms with Gasteiger partial charge in [-0.1, -0.05) is 64.4 Å². The fourth-order valence-electron chi connectivity index (χ4n) is 2.50. The average Bonchev–Trinajstić information content (AvgIpc) is 2.82. The van der Waals surface area contributed by atoms with E-state index < -0.39 is 0 Å². The van der Waals surface area contributed by atoms with E-state index in [0.717, 1.165) is 12.8 Å². The van der Waals surface area contributed by atoms with Crippen molar-refractivity contribution < 1.29 is 9.53 Å². The Labute approximate surface area is 118 Å². The van der Waals surface area contributed by atoms with Gasteiger partial charge in [-0.3, -0.25) is 4.79 Å². The molecule has 0 aromatic carbocycles. The topological polar surface area (TPSA) is 26.3 Å². The van der Waals surface area contributed by atoms with Crippen LogP contribution in [0.3, 0.4) is 0 Å². The Bertz CT molecular complexity index is 258. The molecule has 1 fully saturated rings. The highest BCUT2D eigenvalue weighted by Crippen LogP contribution is 2.15. The van der Waals surface area contributed by atoms with Gasteiger partial charge in [0, 0.05) is 6.42 Å². The zero-order valence-corrected chi connectivity index (χ0v) is 12.5. The predicted molar refractivity (Wildman–Crippen MR) is 80.1 cm³/mol. The van der Waals surface area contributed by atoms with Gasteiger partial charge in [0.05, 0.1) is 0 Å². The second-order valence-electron chi connectivity index (χ2n) is 5.61. The van der Waals surface area contributed by atoms with Crippen LogP contribution in [-0.2, 0) is 9.53 Å². The molecule has 2 heteroatoms. The predicted octanol–water partition coefficient (Wildman–Crippen LogP) is 5.17. The molecule has 0 saturated carbocycles. The largest absolute Gasteiger partial charge is 0.458 e. The third kappa shape index (κ3) is 8.85. The van der Waals surface area contributed by atoms with E-state index in [1.165, 1.54) is 57.8 Å². The monoisotopic (exact) mass is 266 g/mol. The minimum atomic E-state index is -0.0438. The Balaban J connectivity index is 1.81. The molecule has 0 N–H and O–H groups in total. The van der Waals surface area contributed by atoms with E-state index in [4.69, 9.17) is 4.74 Å². The first-order chi connectivity index (χ1) is 9.33. The lowest BCUT2D eigenvalue weighted by molar-refractivity contribution is -0.139.